The quantitative estimate of drug-likeness (QED) is 0.0487. The molecule has 0 fully saturated rings. The van der Waals surface area contributed by atoms with Crippen LogP contribution in [0.2, 0.25) is 0 Å². The minimum Gasteiger partial charge on any atom is -0.466 e. The van der Waals surface area contributed by atoms with Gasteiger partial charge in [0.1, 0.15) is 0 Å². The molecule has 0 aromatic carbocycles. The number of nitrogens with zero attached hydrogens (tertiary/aromatic N) is 1. The van der Waals surface area contributed by atoms with Gasteiger partial charge in [-0.25, -0.2) is 0 Å². The molecule has 1 amide bonds. The number of likely N-dealkylation sites (N-methyl/N-ethyl adjacent to an activating group) is 1. The Morgan fingerprint density at radius 3 is 1.12 bits per heavy atom. The summed E-state index contributed by atoms with van der Waals surface area (Å²) in [6.07, 6.45) is 39.0. The summed E-state index contributed by atoms with van der Waals surface area (Å²) in [5.74, 6) is 1.49. The summed E-state index contributed by atoms with van der Waals surface area (Å²) in [5.41, 5.74) is 0. The van der Waals surface area contributed by atoms with E-state index in [1.54, 1.807) is 0 Å². The van der Waals surface area contributed by atoms with E-state index in [2.05, 4.69) is 51.8 Å². The van der Waals surface area contributed by atoms with Gasteiger partial charge in [-0.1, -0.05) is 195 Å². The summed E-state index contributed by atoms with van der Waals surface area (Å²) in [6, 6.07) is 0.572. The zero-order chi connectivity index (χ0) is 42.9. The van der Waals surface area contributed by atoms with E-state index in [-0.39, 0.29) is 23.9 Å². The van der Waals surface area contributed by atoms with Crippen molar-refractivity contribution in [3.05, 3.63) is 0 Å². The highest BCUT2D eigenvalue weighted by Gasteiger charge is 2.16. The van der Waals surface area contributed by atoms with E-state index in [4.69, 9.17) is 9.47 Å². The second kappa shape index (κ2) is 42.1. The third-order valence-corrected chi connectivity index (χ3v) is 12.4. The Balaban J connectivity index is 4.31. The number of hydrogen-bond donors (Lipinski definition) is 1. The first-order chi connectivity index (χ1) is 28.2. The molecule has 0 atom stereocenters. The smallest absolute Gasteiger partial charge is 0.305 e. The van der Waals surface area contributed by atoms with Crippen molar-refractivity contribution in [1.29, 1.82) is 0 Å². The number of hydrogen-bond acceptors (Lipinski definition) is 6. The maximum absolute atomic E-state index is 12.9. The minimum absolute atomic E-state index is 0.0210. The van der Waals surface area contributed by atoms with Crippen molar-refractivity contribution in [2.24, 2.45) is 11.8 Å². The predicted octanol–water partition coefficient (Wildman–Crippen LogP) is 14.5. The first-order valence-corrected chi connectivity index (χ1v) is 25.5. The van der Waals surface area contributed by atoms with Crippen LogP contribution in [-0.2, 0) is 23.9 Å². The van der Waals surface area contributed by atoms with Crippen LogP contribution in [0.5, 0.6) is 0 Å². The number of nitrogens with one attached hydrogen (secondary N) is 1. The van der Waals surface area contributed by atoms with E-state index in [1.165, 1.54) is 128 Å². The van der Waals surface area contributed by atoms with Gasteiger partial charge in [0.25, 0.3) is 0 Å². The zero-order valence-electron chi connectivity index (χ0n) is 40.0. The molecule has 0 radical (unpaired) electrons. The molecule has 0 rings (SSSR count). The van der Waals surface area contributed by atoms with Crippen molar-refractivity contribution in [3.63, 3.8) is 0 Å². The molecule has 0 saturated carbocycles. The Bertz CT molecular complexity index is 849. The van der Waals surface area contributed by atoms with Crippen molar-refractivity contribution < 1.29 is 23.9 Å². The number of carbonyl (C=O) groups is 3. The lowest BCUT2D eigenvalue weighted by Crippen LogP contribution is -2.42. The highest BCUT2D eigenvalue weighted by Crippen LogP contribution is 2.23. The summed E-state index contributed by atoms with van der Waals surface area (Å²) < 4.78 is 11.3. The minimum atomic E-state index is -0.0210. The highest BCUT2D eigenvalue weighted by atomic mass is 16.5. The molecule has 1 N–H and O–H groups in total. The van der Waals surface area contributed by atoms with Gasteiger partial charge in [-0.15, -0.1) is 0 Å². The van der Waals surface area contributed by atoms with Gasteiger partial charge in [0.2, 0.25) is 5.91 Å². The number of carbonyl (C=O) groups excluding carboxylic acids is 3. The van der Waals surface area contributed by atoms with Crippen LogP contribution < -0.4 is 5.32 Å². The standard InChI is InChI=1S/C51H100N2O5/c1-8-12-24-32-46(33-25-13-9-2)40-42-57-50(55)38-30-22-18-16-20-28-36-48(52-49(54)44-53(7)45(5)6)37-29-21-17-19-23-31-39-51(56)58-43-41-47(34-26-14-10-3)35-27-15-11-4/h45-48H,8-44H2,1-7H3,(H,52,54). The average molecular weight is 821 g/mol. The molecule has 7 heteroatoms. The van der Waals surface area contributed by atoms with Crippen molar-refractivity contribution in [1.82, 2.24) is 10.2 Å². The second-order valence-corrected chi connectivity index (χ2v) is 18.3. The van der Waals surface area contributed by atoms with Crippen LogP contribution in [0.3, 0.4) is 0 Å². The van der Waals surface area contributed by atoms with E-state index >= 15 is 0 Å². The van der Waals surface area contributed by atoms with Gasteiger partial charge in [-0.05, 0) is 71.3 Å². The SMILES string of the molecule is CCCCCC(CCCCC)CCOC(=O)CCCCCCCCC(CCCCCCCCC(=O)OCCC(CCCCC)CCCCC)NC(=O)CN(C)C(C)C. The summed E-state index contributed by atoms with van der Waals surface area (Å²) in [4.78, 5) is 39.7. The monoisotopic (exact) mass is 821 g/mol. The maximum atomic E-state index is 12.9. The fourth-order valence-electron chi connectivity index (χ4n) is 8.13. The molecule has 0 aliphatic heterocycles. The van der Waals surface area contributed by atoms with Crippen molar-refractivity contribution >= 4 is 17.8 Å². The van der Waals surface area contributed by atoms with E-state index in [0.29, 0.717) is 50.5 Å². The lowest BCUT2D eigenvalue weighted by Gasteiger charge is -2.23. The highest BCUT2D eigenvalue weighted by molar-refractivity contribution is 5.78. The Morgan fingerprint density at radius 1 is 0.448 bits per heavy atom. The number of amides is 1. The van der Waals surface area contributed by atoms with Gasteiger partial charge in [-0.3, -0.25) is 19.3 Å². The van der Waals surface area contributed by atoms with Crippen LogP contribution in [0.25, 0.3) is 0 Å². The molecule has 0 aliphatic carbocycles. The Hall–Kier alpha value is -1.63. The molecule has 0 aromatic heterocycles. The van der Waals surface area contributed by atoms with Crippen LogP contribution in [0.15, 0.2) is 0 Å². The molecule has 0 saturated heterocycles. The van der Waals surface area contributed by atoms with Crippen molar-refractivity contribution in [2.75, 3.05) is 26.8 Å². The molecule has 0 aliphatic rings. The van der Waals surface area contributed by atoms with Crippen LogP contribution in [-0.4, -0.2) is 61.6 Å². The molecular formula is C51H100N2O5. The maximum Gasteiger partial charge on any atom is 0.305 e. The Morgan fingerprint density at radius 2 is 0.776 bits per heavy atom. The molecule has 0 spiro atoms. The topological polar surface area (TPSA) is 84.9 Å². The van der Waals surface area contributed by atoms with Gasteiger partial charge in [0, 0.05) is 24.9 Å². The first kappa shape index (κ1) is 56.4. The summed E-state index contributed by atoms with van der Waals surface area (Å²) in [5, 5.41) is 3.36. The van der Waals surface area contributed by atoms with Crippen LogP contribution in [0.1, 0.15) is 260 Å². The molecule has 344 valence electrons. The third kappa shape index (κ3) is 37.4. The van der Waals surface area contributed by atoms with Crippen LogP contribution in [0.4, 0.5) is 0 Å². The molecule has 0 aromatic rings. The van der Waals surface area contributed by atoms with Gasteiger partial charge < -0.3 is 14.8 Å². The van der Waals surface area contributed by atoms with Crippen LogP contribution >= 0.6 is 0 Å². The van der Waals surface area contributed by atoms with Crippen LogP contribution in [0, 0.1) is 11.8 Å². The number of ether oxygens (including phenoxy) is 2. The predicted molar refractivity (Wildman–Crippen MR) is 248 cm³/mol. The molecule has 58 heavy (non-hydrogen) atoms. The number of esters is 2. The second-order valence-electron chi connectivity index (χ2n) is 18.3. The normalized spacial score (nSPS) is 11.8. The molecule has 0 heterocycles. The zero-order valence-corrected chi connectivity index (χ0v) is 40.0. The Kier molecular flexibility index (Phi) is 40.9. The van der Waals surface area contributed by atoms with Gasteiger partial charge in [0.15, 0.2) is 0 Å². The number of unbranched alkanes of at least 4 members (excludes halogenated alkanes) is 18. The summed E-state index contributed by atoms with van der Waals surface area (Å²) in [7, 11) is 2.01. The Labute approximate surface area is 361 Å². The largest absolute Gasteiger partial charge is 0.466 e. The van der Waals surface area contributed by atoms with Crippen molar-refractivity contribution in [3.8, 4) is 0 Å². The van der Waals surface area contributed by atoms with E-state index < -0.39 is 0 Å². The third-order valence-electron chi connectivity index (χ3n) is 12.4. The van der Waals surface area contributed by atoms with Gasteiger partial charge in [-0.2, -0.15) is 0 Å². The molecule has 7 nitrogen and oxygen atoms in total. The number of rotatable bonds is 44. The van der Waals surface area contributed by atoms with E-state index in [9.17, 15) is 14.4 Å². The fourth-order valence-corrected chi connectivity index (χ4v) is 8.13. The lowest BCUT2D eigenvalue weighted by atomic mass is 9.92. The first-order valence-electron chi connectivity index (χ1n) is 25.5. The van der Waals surface area contributed by atoms with Crippen molar-refractivity contribution in [2.45, 2.75) is 272 Å². The molecule has 0 bridgehead atoms. The van der Waals surface area contributed by atoms with Gasteiger partial charge in [0.05, 0.1) is 19.8 Å². The van der Waals surface area contributed by atoms with E-state index in [1.807, 2.05) is 7.05 Å². The fraction of sp³-hybridized carbons (Fsp3) is 0.941. The molecular weight excluding hydrogens is 721 g/mol. The average Bonchev–Trinajstić information content (AvgIpc) is 3.19. The van der Waals surface area contributed by atoms with E-state index in [0.717, 1.165) is 77.0 Å². The molecule has 0 unspecified atom stereocenters. The summed E-state index contributed by atoms with van der Waals surface area (Å²) in [6.45, 7) is 14.9. The lowest BCUT2D eigenvalue weighted by molar-refractivity contribution is -0.145. The van der Waals surface area contributed by atoms with Gasteiger partial charge >= 0.3 is 11.9 Å². The summed E-state index contributed by atoms with van der Waals surface area (Å²) >= 11 is 0.